The smallest absolute Gasteiger partial charge is 0.257 e. The summed E-state index contributed by atoms with van der Waals surface area (Å²) in [5, 5.41) is 0. The van der Waals surface area contributed by atoms with Crippen LogP contribution in [0.1, 0.15) is 16.8 Å². The van der Waals surface area contributed by atoms with Crippen LogP contribution in [0.15, 0.2) is 18.5 Å². The molecule has 0 spiro atoms. The second-order valence-corrected chi connectivity index (χ2v) is 3.82. The van der Waals surface area contributed by atoms with Crippen molar-refractivity contribution in [3.05, 3.63) is 24.0 Å². The number of nitrogens with two attached hydrogens (primary N) is 1. The fourth-order valence-electron chi connectivity index (χ4n) is 1.81. The van der Waals surface area contributed by atoms with E-state index in [1.807, 2.05) is 0 Å². The molecule has 1 fully saturated rings. The van der Waals surface area contributed by atoms with Gasteiger partial charge in [0.1, 0.15) is 0 Å². The minimum absolute atomic E-state index is 0.0587. The van der Waals surface area contributed by atoms with Crippen LogP contribution in [-0.4, -0.2) is 42.1 Å². The zero-order valence-electron chi connectivity index (χ0n) is 9.56. The molecule has 1 aliphatic heterocycles. The number of nitrogen functional groups attached to an aromatic ring is 1. The number of nitrogens with one attached hydrogen (secondary N) is 1. The second-order valence-electron chi connectivity index (χ2n) is 3.82. The molecule has 6 nitrogen and oxygen atoms in total. The molecule has 2 rings (SSSR count). The molecule has 0 atom stereocenters. The molecule has 0 aromatic carbocycles. The van der Waals surface area contributed by atoms with Crippen molar-refractivity contribution in [2.24, 2.45) is 5.84 Å². The van der Waals surface area contributed by atoms with Crippen LogP contribution in [0, 0.1) is 0 Å². The van der Waals surface area contributed by atoms with Gasteiger partial charge >= 0.3 is 0 Å². The number of nitrogens with zero attached hydrogens (tertiary/aromatic N) is 2. The summed E-state index contributed by atoms with van der Waals surface area (Å²) in [7, 11) is 0. The van der Waals surface area contributed by atoms with E-state index in [0.717, 1.165) is 6.42 Å². The third-order valence-corrected chi connectivity index (χ3v) is 2.72. The van der Waals surface area contributed by atoms with E-state index in [2.05, 4.69) is 10.4 Å². The Bertz CT molecular complexity index is 389. The molecule has 0 bridgehead atoms. The van der Waals surface area contributed by atoms with Crippen molar-refractivity contribution in [1.29, 1.82) is 0 Å². The lowest BCUT2D eigenvalue weighted by Gasteiger charge is -2.20. The molecule has 0 aliphatic carbocycles. The number of anilines is 1. The van der Waals surface area contributed by atoms with Gasteiger partial charge in [-0.3, -0.25) is 15.6 Å². The number of carbonyl (C=O) groups is 1. The minimum Gasteiger partial charge on any atom is -0.380 e. The Morgan fingerprint density at radius 3 is 3.18 bits per heavy atom. The number of ether oxygens (including phenoxy) is 1. The summed E-state index contributed by atoms with van der Waals surface area (Å²) in [5.41, 5.74) is 3.60. The highest BCUT2D eigenvalue weighted by molar-refractivity contribution is 5.99. The SMILES string of the molecule is NNc1ccncc1C(=O)N1CCCOCC1. The number of hydrogen-bond donors (Lipinski definition) is 2. The quantitative estimate of drug-likeness (QED) is 0.567. The topological polar surface area (TPSA) is 80.5 Å². The Morgan fingerprint density at radius 2 is 2.35 bits per heavy atom. The highest BCUT2D eigenvalue weighted by atomic mass is 16.5. The van der Waals surface area contributed by atoms with E-state index in [1.54, 1.807) is 17.2 Å². The number of rotatable bonds is 2. The molecule has 0 saturated carbocycles. The fourth-order valence-corrected chi connectivity index (χ4v) is 1.81. The van der Waals surface area contributed by atoms with Gasteiger partial charge in [-0.2, -0.15) is 0 Å². The molecule has 6 heteroatoms. The van der Waals surface area contributed by atoms with Gasteiger partial charge in [0.2, 0.25) is 0 Å². The van der Waals surface area contributed by atoms with E-state index >= 15 is 0 Å². The Kier molecular flexibility index (Phi) is 3.89. The molecule has 1 aliphatic rings. The van der Waals surface area contributed by atoms with E-state index in [-0.39, 0.29) is 5.91 Å². The highest BCUT2D eigenvalue weighted by Gasteiger charge is 2.19. The summed E-state index contributed by atoms with van der Waals surface area (Å²) in [6.45, 7) is 2.60. The van der Waals surface area contributed by atoms with Gasteiger partial charge in [0.05, 0.1) is 17.9 Å². The molecule has 1 amide bonds. The summed E-state index contributed by atoms with van der Waals surface area (Å²) < 4.78 is 5.32. The molecular formula is C11H16N4O2. The predicted octanol–water partition coefficient (Wildman–Crippen LogP) is 0.230. The molecule has 2 heterocycles. The molecular weight excluding hydrogens is 220 g/mol. The fraction of sp³-hybridized carbons (Fsp3) is 0.455. The average molecular weight is 236 g/mol. The van der Waals surface area contributed by atoms with E-state index < -0.39 is 0 Å². The van der Waals surface area contributed by atoms with E-state index in [9.17, 15) is 4.79 Å². The summed E-state index contributed by atoms with van der Waals surface area (Å²) in [6, 6.07) is 1.68. The molecule has 1 saturated heterocycles. The lowest BCUT2D eigenvalue weighted by Crippen LogP contribution is -2.34. The van der Waals surface area contributed by atoms with Crippen LogP contribution in [-0.2, 0) is 4.74 Å². The summed E-state index contributed by atoms with van der Waals surface area (Å²) in [5.74, 6) is 5.32. The van der Waals surface area contributed by atoms with Gasteiger partial charge < -0.3 is 15.1 Å². The number of hydrogen-bond acceptors (Lipinski definition) is 5. The van der Waals surface area contributed by atoms with Gasteiger partial charge in [-0.1, -0.05) is 0 Å². The normalized spacial score (nSPS) is 16.4. The number of aromatic nitrogens is 1. The number of carbonyl (C=O) groups excluding carboxylic acids is 1. The molecule has 1 aromatic rings. The van der Waals surface area contributed by atoms with Crippen molar-refractivity contribution < 1.29 is 9.53 Å². The maximum absolute atomic E-state index is 12.3. The Morgan fingerprint density at radius 1 is 1.47 bits per heavy atom. The maximum atomic E-state index is 12.3. The van der Waals surface area contributed by atoms with Crippen LogP contribution < -0.4 is 11.3 Å². The summed E-state index contributed by atoms with van der Waals surface area (Å²) in [6.07, 6.45) is 3.98. The Hall–Kier alpha value is -1.66. The van der Waals surface area contributed by atoms with Crippen molar-refractivity contribution in [3.63, 3.8) is 0 Å². The van der Waals surface area contributed by atoms with Crippen LogP contribution in [0.2, 0.25) is 0 Å². The summed E-state index contributed by atoms with van der Waals surface area (Å²) >= 11 is 0. The molecule has 17 heavy (non-hydrogen) atoms. The molecule has 1 aromatic heterocycles. The maximum Gasteiger partial charge on any atom is 0.257 e. The van der Waals surface area contributed by atoms with Gasteiger partial charge in [0.15, 0.2) is 0 Å². The third-order valence-electron chi connectivity index (χ3n) is 2.72. The monoisotopic (exact) mass is 236 g/mol. The van der Waals surface area contributed by atoms with Crippen molar-refractivity contribution in [3.8, 4) is 0 Å². The van der Waals surface area contributed by atoms with E-state index in [4.69, 9.17) is 10.6 Å². The minimum atomic E-state index is -0.0587. The van der Waals surface area contributed by atoms with Gasteiger partial charge in [-0.25, -0.2) is 0 Å². The largest absolute Gasteiger partial charge is 0.380 e. The number of pyridine rings is 1. The highest BCUT2D eigenvalue weighted by Crippen LogP contribution is 2.15. The number of amides is 1. The third kappa shape index (κ3) is 2.72. The molecule has 3 N–H and O–H groups in total. The zero-order valence-corrected chi connectivity index (χ0v) is 9.56. The summed E-state index contributed by atoms with van der Waals surface area (Å²) in [4.78, 5) is 18.0. The van der Waals surface area contributed by atoms with Crippen LogP contribution in [0.5, 0.6) is 0 Å². The lowest BCUT2D eigenvalue weighted by atomic mass is 10.2. The van der Waals surface area contributed by atoms with Crippen LogP contribution >= 0.6 is 0 Å². The molecule has 0 unspecified atom stereocenters. The van der Waals surface area contributed by atoms with Crippen molar-refractivity contribution >= 4 is 11.6 Å². The van der Waals surface area contributed by atoms with Gasteiger partial charge in [0.25, 0.3) is 5.91 Å². The lowest BCUT2D eigenvalue weighted by molar-refractivity contribution is 0.0742. The van der Waals surface area contributed by atoms with Gasteiger partial charge in [0, 0.05) is 32.1 Å². The van der Waals surface area contributed by atoms with Crippen molar-refractivity contribution in [1.82, 2.24) is 9.88 Å². The number of hydrazine groups is 1. The van der Waals surface area contributed by atoms with Crippen LogP contribution in [0.3, 0.4) is 0 Å². The first-order valence-corrected chi connectivity index (χ1v) is 5.60. The van der Waals surface area contributed by atoms with Gasteiger partial charge in [-0.05, 0) is 12.5 Å². The van der Waals surface area contributed by atoms with Crippen LogP contribution in [0.25, 0.3) is 0 Å². The molecule has 0 radical (unpaired) electrons. The first-order chi connectivity index (χ1) is 8.33. The Labute approximate surface area is 99.7 Å². The molecule has 92 valence electrons. The van der Waals surface area contributed by atoms with Crippen LogP contribution in [0.4, 0.5) is 5.69 Å². The van der Waals surface area contributed by atoms with E-state index in [0.29, 0.717) is 37.6 Å². The zero-order chi connectivity index (χ0) is 12.1. The first kappa shape index (κ1) is 11.8. The average Bonchev–Trinajstić information content (AvgIpc) is 2.66. The predicted molar refractivity (Wildman–Crippen MR) is 63.4 cm³/mol. The van der Waals surface area contributed by atoms with Gasteiger partial charge in [-0.15, -0.1) is 0 Å². The van der Waals surface area contributed by atoms with Crippen molar-refractivity contribution in [2.45, 2.75) is 6.42 Å². The first-order valence-electron chi connectivity index (χ1n) is 5.60. The standard InChI is InChI=1S/C11H16N4O2/c12-14-10-2-3-13-8-9(10)11(16)15-4-1-6-17-7-5-15/h2-3,8H,1,4-7,12H2,(H,13,14). The van der Waals surface area contributed by atoms with E-state index in [1.165, 1.54) is 6.20 Å². The van der Waals surface area contributed by atoms with Crippen molar-refractivity contribution in [2.75, 3.05) is 31.7 Å². The Balaban J connectivity index is 2.17. The second kappa shape index (κ2) is 5.60.